The van der Waals surface area contributed by atoms with Gasteiger partial charge in [0.2, 0.25) is 0 Å². The van der Waals surface area contributed by atoms with Crippen molar-refractivity contribution in [2.45, 2.75) is 13.8 Å². The van der Waals surface area contributed by atoms with E-state index in [-0.39, 0.29) is 0 Å². The quantitative estimate of drug-likeness (QED) is 0.728. The lowest BCUT2D eigenvalue weighted by Crippen LogP contribution is -2.23. The maximum absolute atomic E-state index is 3.96. The van der Waals surface area contributed by atoms with Crippen LogP contribution >= 0.6 is 0 Å². The molecule has 1 aliphatic heterocycles. The molecule has 0 saturated carbocycles. The van der Waals surface area contributed by atoms with E-state index in [9.17, 15) is 0 Å². The Hall–Kier alpha value is -2.09. The second-order valence-corrected chi connectivity index (χ2v) is 4.49. The van der Waals surface area contributed by atoms with Gasteiger partial charge in [-0.1, -0.05) is 30.9 Å². The Morgan fingerprint density at radius 2 is 2.22 bits per heavy atom. The average Bonchev–Trinajstić information content (AvgIpc) is 2.38. The molecule has 92 valence electrons. The van der Waals surface area contributed by atoms with Crippen molar-refractivity contribution in [1.82, 2.24) is 0 Å². The number of nitrogens with zero attached hydrogens (tertiary/aromatic N) is 2. The van der Waals surface area contributed by atoms with Crippen LogP contribution < -0.4 is 4.90 Å². The first-order valence-corrected chi connectivity index (χ1v) is 6.00. The van der Waals surface area contributed by atoms with Crippen molar-refractivity contribution in [3.8, 4) is 0 Å². The lowest BCUT2D eigenvalue weighted by molar-refractivity contribution is 1.01. The van der Waals surface area contributed by atoms with Crippen LogP contribution in [0.2, 0.25) is 0 Å². The average molecular weight is 238 g/mol. The lowest BCUT2D eigenvalue weighted by atomic mass is 9.99. The van der Waals surface area contributed by atoms with Crippen LogP contribution in [0, 0.1) is 6.92 Å². The summed E-state index contributed by atoms with van der Waals surface area (Å²) in [6, 6.07) is 6.34. The molecular formula is C16H18N2. The van der Waals surface area contributed by atoms with Gasteiger partial charge in [-0.2, -0.15) is 0 Å². The van der Waals surface area contributed by atoms with Crippen molar-refractivity contribution in [2.24, 2.45) is 4.99 Å². The number of aryl methyl sites for hydroxylation is 1. The van der Waals surface area contributed by atoms with Crippen LogP contribution in [0.25, 0.3) is 6.08 Å². The maximum atomic E-state index is 3.96. The van der Waals surface area contributed by atoms with Gasteiger partial charge in [-0.3, -0.25) is 4.99 Å². The highest BCUT2D eigenvalue weighted by Gasteiger charge is 2.16. The van der Waals surface area contributed by atoms with Gasteiger partial charge in [-0.15, -0.1) is 0 Å². The molecule has 0 aromatic heterocycles. The highest BCUT2D eigenvalue weighted by Crippen LogP contribution is 2.32. The molecule has 0 amide bonds. The number of hydrogen-bond donors (Lipinski definition) is 0. The van der Waals surface area contributed by atoms with Gasteiger partial charge in [0.1, 0.15) is 0 Å². The third-order valence-corrected chi connectivity index (χ3v) is 3.10. The highest BCUT2D eigenvalue weighted by atomic mass is 15.1. The van der Waals surface area contributed by atoms with E-state index >= 15 is 0 Å². The number of fused-ring (bicyclic) bond motifs is 1. The summed E-state index contributed by atoms with van der Waals surface area (Å²) in [5, 5.41) is 0. The van der Waals surface area contributed by atoms with E-state index in [4.69, 9.17) is 0 Å². The highest BCUT2D eigenvalue weighted by molar-refractivity contribution is 5.78. The third-order valence-electron chi connectivity index (χ3n) is 3.10. The number of benzene rings is 1. The van der Waals surface area contributed by atoms with Gasteiger partial charge >= 0.3 is 0 Å². The predicted octanol–water partition coefficient (Wildman–Crippen LogP) is 3.95. The Balaban J connectivity index is 2.55. The van der Waals surface area contributed by atoms with E-state index in [1.165, 1.54) is 22.4 Å². The first-order valence-electron chi connectivity index (χ1n) is 6.00. The van der Waals surface area contributed by atoms with Gasteiger partial charge in [0.05, 0.1) is 11.4 Å². The largest absolute Gasteiger partial charge is 0.341 e. The smallest absolute Gasteiger partial charge is 0.0527 e. The van der Waals surface area contributed by atoms with Crippen LogP contribution in [0.15, 0.2) is 53.3 Å². The molecule has 0 unspecified atom stereocenters. The summed E-state index contributed by atoms with van der Waals surface area (Å²) in [6.07, 6.45) is 6.13. The molecule has 0 spiro atoms. The predicted molar refractivity (Wildman–Crippen MR) is 80.0 cm³/mol. The van der Waals surface area contributed by atoms with Crippen LogP contribution in [0.5, 0.6) is 0 Å². The zero-order valence-electron chi connectivity index (χ0n) is 11.0. The Morgan fingerprint density at radius 1 is 1.44 bits per heavy atom. The summed E-state index contributed by atoms with van der Waals surface area (Å²) in [7, 11) is 0. The molecule has 2 rings (SSSR count). The first-order chi connectivity index (χ1) is 8.65. The van der Waals surface area contributed by atoms with Gasteiger partial charge in [-0.05, 0) is 43.3 Å². The molecule has 1 aromatic rings. The molecule has 0 fully saturated rings. The Labute approximate surface area is 109 Å². The summed E-state index contributed by atoms with van der Waals surface area (Å²) in [5.74, 6) is 0. The molecule has 1 heterocycles. The molecule has 1 aromatic carbocycles. The van der Waals surface area contributed by atoms with E-state index in [2.05, 4.69) is 54.4 Å². The van der Waals surface area contributed by atoms with Crippen molar-refractivity contribution in [1.29, 1.82) is 0 Å². The summed E-state index contributed by atoms with van der Waals surface area (Å²) in [5.41, 5.74) is 5.85. The fourth-order valence-electron chi connectivity index (χ4n) is 2.21. The second-order valence-electron chi connectivity index (χ2n) is 4.49. The van der Waals surface area contributed by atoms with Crippen LogP contribution in [0.4, 0.5) is 5.69 Å². The first kappa shape index (κ1) is 12.4. The zero-order chi connectivity index (χ0) is 13.1. The zero-order valence-corrected chi connectivity index (χ0v) is 11.0. The van der Waals surface area contributed by atoms with Crippen LogP contribution in [-0.4, -0.2) is 13.3 Å². The molecule has 0 atom stereocenters. The maximum Gasteiger partial charge on any atom is 0.0527 e. The number of hydrogen-bond acceptors (Lipinski definition) is 2. The molecule has 0 radical (unpaired) electrons. The SMILES string of the molecule is C=CC1=Cc2cccc(C)c2N(/C=C(/C)N=C)C1. The second kappa shape index (κ2) is 5.05. The molecule has 0 bridgehead atoms. The summed E-state index contributed by atoms with van der Waals surface area (Å²) >= 11 is 0. The lowest BCUT2D eigenvalue weighted by Gasteiger charge is -2.29. The van der Waals surface area contributed by atoms with Gasteiger partial charge in [0.25, 0.3) is 0 Å². The van der Waals surface area contributed by atoms with Crippen LogP contribution in [-0.2, 0) is 0 Å². The topological polar surface area (TPSA) is 15.6 Å². The van der Waals surface area contributed by atoms with Crippen molar-refractivity contribution in [3.05, 3.63) is 59.5 Å². The van der Waals surface area contributed by atoms with Crippen molar-refractivity contribution in [3.63, 3.8) is 0 Å². The van der Waals surface area contributed by atoms with Gasteiger partial charge < -0.3 is 4.90 Å². The third kappa shape index (κ3) is 2.28. The van der Waals surface area contributed by atoms with Gasteiger partial charge in [0, 0.05) is 12.7 Å². The molecule has 2 nitrogen and oxygen atoms in total. The molecule has 0 aliphatic carbocycles. The number of aliphatic imine (C=N–C) groups is 1. The summed E-state index contributed by atoms with van der Waals surface area (Å²) in [4.78, 5) is 6.17. The monoisotopic (exact) mass is 238 g/mol. The van der Waals surface area contributed by atoms with E-state index in [1.807, 2.05) is 19.2 Å². The number of rotatable bonds is 3. The minimum atomic E-state index is 0.828. The number of para-hydroxylation sites is 1. The minimum absolute atomic E-state index is 0.828. The number of allylic oxidation sites excluding steroid dienone is 1. The molecule has 2 heteroatoms. The molecule has 1 aliphatic rings. The Bertz CT molecular complexity index is 550. The standard InChI is InChI=1S/C16H18N2/c1-5-14-9-15-8-6-7-12(2)16(15)18(11-14)10-13(3)17-4/h5-10H,1,4,11H2,2-3H3/b13-10-. The van der Waals surface area contributed by atoms with Gasteiger partial charge in [-0.25, -0.2) is 0 Å². The van der Waals surface area contributed by atoms with Crippen molar-refractivity contribution >= 4 is 18.5 Å². The summed E-state index contributed by atoms with van der Waals surface area (Å²) in [6.45, 7) is 12.3. The normalized spacial score (nSPS) is 14.9. The molecule has 0 saturated heterocycles. The number of anilines is 1. The Kier molecular flexibility index (Phi) is 3.47. The summed E-state index contributed by atoms with van der Waals surface area (Å²) < 4.78 is 0. The van der Waals surface area contributed by atoms with Crippen molar-refractivity contribution < 1.29 is 0 Å². The van der Waals surface area contributed by atoms with Crippen LogP contribution in [0.1, 0.15) is 18.1 Å². The molecular weight excluding hydrogens is 220 g/mol. The van der Waals surface area contributed by atoms with Crippen molar-refractivity contribution in [2.75, 3.05) is 11.4 Å². The fraction of sp³-hybridized carbons (Fsp3) is 0.188. The minimum Gasteiger partial charge on any atom is -0.341 e. The van der Waals surface area contributed by atoms with Gasteiger partial charge in [0.15, 0.2) is 0 Å². The van der Waals surface area contributed by atoms with E-state index in [1.54, 1.807) is 0 Å². The van der Waals surface area contributed by atoms with E-state index in [0.29, 0.717) is 0 Å². The molecule has 0 N–H and O–H groups in total. The van der Waals surface area contributed by atoms with E-state index < -0.39 is 0 Å². The van der Waals surface area contributed by atoms with Crippen LogP contribution in [0.3, 0.4) is 0 Å². The molecule has 18 heavy (non-hydrogen) atoms. The van der Waals surface area contributed by atoms with E-state index in [0.717, 1.165) is 12.2 Å². The fourth-order valence-corrected chi connectivity index (χ4v) is 2.21. The Morgan fingerprint density at radius 3 is 2.89 bits per heavy atom.